The number of amides is 1. The summed E-state index contributed by atoms with van der Waals surface area (Å²) in [6.45, 7) is 0. The summed E-state index contributed by atoms with van der Waals surface area (Å²) >= 11 is 0. The number of ether oxygens (including phenoxy) is 1. The molecule has 7 rings (SSSR count). The SMILES string of the molecule is O=C1C[C@H](c2ccccc2)CC2=C1[C@H](c1cccc(OC(=O)c3ccccc3)c1)N(C(=O)c1ccccc1)c1ccccc1N2. The van der Waals surface area contributed by atoms with Crippen molar-refractivity contribution in [3.8, 4) is 5.75 Å². The Morgan fingerprint density at radius 1 is 0.667 bits per heavy atom. The molecular formula is C39H30N2O4. The smallest absolute Gasteiger partial charge is 0.343 e. The van der Waals surface area contributed by atoms with Crippen LogP contribution in [0, 0.1) is 0 Å². The number of para-hydroxylation sites is 2. The van der Waals surface area contributed by atoms with E-state index in [-0.39, 0.29) is 17.6 Å². The third-order valence-electron chi connectivity index (χ3n) is 8.39. The summed E-state index contributed by atoms with van der Waals surface area (Å²) in [6.07, 6.45) is 0.916. The quantitative estimate of drug-likeness (QED) is 0.165. The molecule has 2 atom stereocenters. The third-order valence-corrected chi connectivity index (χ3v) is 8.39. The molecule has 5 aromatic rings. The van der Waals surface area contributed by atoms with E-state index in [0.717, 1.165) is 16.9 Å². The molecule has 2 aliphatic rings. The summed E-state index contributed by atoms with van der Waals surface area (Å²) in [4.78, 5) is 43.5. The number of nitrogens with zero attached hydrogens (tertiary/aromatic N) is 1. The number of hydrogen-bond acceptors (Lipinski definition) is 5. The van der Waals surface area contributed by atoms with Gasteiger partial charge in [-0.15, -0.1) is 0 Å². The van der Waals surface area contributed by atoms with Crippen molar-refractivity contribution in [1.82, 2.24) is 0 Å². The van der Waals surface area contributed by atoms with Crippen LogP contribution in [0.3, 0.4) is 0 Å². The predicted molar refractivity (Wildman–Crippen MR) is 174 cm³/mol. The Balaban J connectivity index is 1.39. The average molecular weight is 591 g/mol. The molecular weight excluding hydrogens is 560 g/mol. The second-order valence-electron chi connectivity index (χ2n) is 11.2. The largest absolute Gasteiger partial charge is 0.423 e. The minimum absolute atomic E-state index is 0.00713. The monoisotopic (exact) mass is 590 g/mol. The number of benzene rings is 5. The fourth-order valence-electron chi connectivity index (χ4n) is 6.30. The molecule has 6 nitrogen and oxygen atoms in total. The van der Waals surface area contributed by atoms with Crippen molar-refractivity contribution >= 4 is 29.0 Å². The fraction of sp³-hybridized carbons (Fsp3) is 0.103. The number of hydrogen-bond donors (Lipinski definition) is 1. The number of carbonyl (C=O) groups excluding carboxylic acids is 3. The summed E-state index contributed by atoms with van der Waals surface area (Å²) < 4.78 is 5.79. The number of esters is 1. The van der Waals surface area contributed by atoms with Gasteiger partial charge in [-0.2, -0.15) is 0 Å². The molecule has 5 aromatic carbocycles. The van der Waals surface area contributed by atoms with Gasteiger partial charge in [0.05, 0.1) is 23.0 Å². The van der Waals surface area contributed by atoms with Crippen LogP contribution in [-0.2, 0) is 4.79 Å². The summed E-state index contributed by atoms with van der Waals surface area (Å²) in [5.74, 6) is -0.447. The normalized spacial score (nSPS) is 17.4. The highest BCUT2D eigenvalue weighted by atomic mass is 16.5. The molecule has 0 spiro atoms. The lowest BCUT2D eigenvalue weighted by molar-refractivity contribution is -0.116. The average Bonchev–Trinajstić information content (AvgIpc) is 3.24. The van der Waals surface area contributed by atoms with Gasteiger partial charge in [-0.1, -0.05) is 91.0 Å². The highest BCUT2D eigenvalue weighted by Crippen LogP contribution is 2.48. The Bertz CT molecular complexity index is 1920. The lowest BCUT2D eigenvalue weighted by Gasteiger charge is -2.35. The second-order valence-corrected chi connectivity index (χ2v) is 11.2. The van der Waals surface area contributed by atoms with E-state index in [4.69, 9.17) is 4.74 Å². The Morgan fingerprint density at radius 2 is 1.29 bits per heavy atom. The topological polar surface area (TPSA) is 75.7 Å². The van der Waals surface area contributed by atoms with Crippen LogP contribution in [0.4, 0.5) is 11.4 Å². The molecule has 0 fully saturated rings. The minimum Gasteiger partial charge on any atom is -0.423 e. The van der Waals surface area contributed by atoms with Crippen molar-refractivity contribution in [2.75, 3.05) is 10.2 Å². The Hall–Kier alpha value is -5.75. The molecule has 0 saturated carbocycles. The van der Waals surface area contributed by atoms with E-state index >= 15 is 0 Å². The number of fused-ring (bicyclic) bond motifs is 1. The van der Waals surface area contributed by atoms with E-state index in [1.807, 2.05) is 72.8 Å². The summed E-state index contributed by atoms with van der Waals surface area (Å²) in [5, 5.41) is 3.58. The molecule has 220 valence electrons. The maximum atomic E-state index is 14.5. The van der Waals surface area contributed by atoms with Crippen molar-refractivity contribution in [2.45, 2.75) is 24.8 Å². The van der Waals surface area contributed by atoms with Crippen LogP contribution >= 0.6 is 0 Å². The lowest BCUT2D eigenvalue weighted by Crippen LogP contribution is -2.38. The van der Waals surface area contributed by atoms with Gasteiger partial charge in [0, 0.05) is 23.3 Å². The molecule has 6 heteroatoms. The first kappa shape index (κ1) is 28.0. The number of anilines is 2. The zero-order chi connectivity index (χ0) is 30.8. The van der Waals surface area contributed by atoms with Crippen LogP contribution in [0.15, 0.2) is 151 Å². The molecule has 0 aromatic heterocycles. The Labute approximate surface area is 261 Å². The number of Topliss-reactive ketones (excluding diaryl/α,β-unsaturated/α-hetero) is 1. The maximum Gasteiger partial charge on any atom is 0.343 e. The molecule has 0 bridgehead atoms. The van der Waals surface area contributed by atoms with Gasteiger partial charge in [0.2, 0.25) is 0 Å². The molecule has 45 heavy (non-hydrogen) atoms. The zero-order valence-corrected chi connectivity index (χ0v) is 24.4. The fourth-order valence-corrected chi connectivity index (χ4v) is 6.30. The van der Waals surface area contributed by atoms with Crippen molar-refractivity contribution in [3.05, 3.63) is 173 Å². The van der Waals surface area contributed by atoms with Gasteiger partial charge in [-0.05, 0) is 72.0 Å². The van der Waals surface area contributed by atoms with Crippen LogP contribution in [0.5, 0.6) is 5.75 Å². The summed E-state index contributed by atoms with van der Waals surface area (Å²) in [5.41, 5.74) is 5.40. The molecule has 0 radical (unpaired) electrons. The van der Waals surface area contributed by atoms with Gasteiger partial charge >= 0.3 is 5.97 Å². The predicted octanol–water partition coefficient (Wildman–Crippen LogP) is 8.12. The van der Waals surface area contributed by atoms with Crippen LogP contribution in [0.2, 0.25) is 0 Å². The van der Waals surface area contributed by atoms with E-state index in [1.54, 1.807) is 59.5 Å². The van der Waals surface area contributed by atoms with Gasteiger partial charge in [-0.25, -0.2) is 4.79 Å². The Kier molecular flexibility index (Phi) is 7.54. The number of rotatable bonds is 5. The second kappa shape index (κ2) is 12.1. The van der Waals surface area contributed by atoms with Crippen molar-refractivity contribution in [1.29, 1.82) is 0 Å². The Morgan fingerprint density at radius 3 is 2.02 bits per heavy atom. The maximum absolute atomic E-state index is 14.5. The van der Waals surface area contributed by atoms with Gasteiger partial charge in [0.15, 0.2) is 5.78 Å². The van der Waals surface area contributed by atoms with Gasteiger partial charge < -0.3 is 10.1 Å². The van der Waals surface area contributed by atoms with E-state index in [1.165, 1.54) is 0 Å². The first-order chi connectivity index (χ1) is 22.1. The summed E-state index contributed by atoms with van der Waals surface area (Å²) in [6, 6.07) is 41.9. The number of ketones is 1. The molecule has 0 unspecified atom stereocenters. The van der Waals surface area contributed by atoms with Crippen LogP contribution in [-0.4, -0.2) is 17.7 Å². The highest BCUT2D eigenvalue weighted by molar-refractivity contribution is 6.12. The molecule has 1 N–H and O–H groups in total. The molecule has 0 saturated heterocycles. The van der Waals surface area contributed by atoms with E-state index < -0.39 is 12.0 Å². The standard InChI is InChI=1S/C39H30N2O4/c42-35-25-30(26-13-4-1-5-14-26)24-33-36(35)37(29-19-12-20-31(23-29)45-39(44)28-17-8-3-9-18-28)41(34-22-11-10-21-32(34)40-33)38(43)27-15-6-2-7-16-27/h1-23,30,37,40H,24-25H2/t30-,37+/m1/s1. The number of carbonyl (C=O) groups is 3. The summed E-state index contributed by atoms with van der Waals surface area (Å²) in [7, 11) is 0. The first-order valence-corrected chi connectivity index (χ1v) is 15.0. The van der Waals surface area contributed by atoms with Gasteiger partial charge in [0.1, 0.15) is 5.75 Å². The van der Waals surface area contributed by atoms with Crippen molar-refractivity contribution in [3.63, 3.8) is 0 Å². The van der Waals surface area contributed by atoms with E-state index in [0.29, 0.717) is 46.5 Å². The molecule has 1 aliphatic carbocycles. The van der Waals surface area contributed by atoms with Crippen molar-refractivity contribution in [2.24, 2.45) is 0 Å². The zero-order valence-electron chi connectivity index (χ0n) is 24.4. The third kappa shape index (κ3) is 5.54. The molecule has 1 amide bonds. The number of allylic oxidation sites excluding steroid dienone is 1. The minimum atomic E-state index is -0.775. The van der Waals surface area contributed by atoms with Crippen LogP contribution in [0.25, 0.3) is 0 Å². The van der Waals surface area contributed by atoms with Gasteiger partial charge in [0.25, 0.3) is 5.91 Å². The number of nitrogens with one attached hydrogen (secondary N) is 1. The molecule has 1 aliphatic heterocycles. The first-order valence-electron chi connectivity index (χ1n) is 15.0. The molecule has 1 heterocycles. The lowest BCUT2D eigenvalue weighted by atomic mass is 9.78. The van der Waals surface area contributed by atoms with Gasteiger partial charge in [-0.3, -0.25) is 14.5 Å². The van der Waals surface area contributed by atoms with E-state index in [2.05, 4.69) is 17.4 Å². The van der Waals surface area contributed by atoms with Crippen LogP contribution in [0.1, 0.15) is 56.6 Å². The van der Waals surface area contributed by atoms with Crippen molar-refractivity contribution < 1.29 is 19.1 Å². The van der Waals surface area contributed by atoms with Crippen LogP contribution < -0.4 is 15.0 Å². The highest BCUT2D eigenvalue weighted by Gasteiger charge is 2.42. The van der Waals surface area contributed by atoms with E-state index in [9.17, 15) is 14.4 Å².